The van der Waals surface area contributed by atoms with Crippen molar-refractivity contribution in [3.63, 3.8) is 0 Å². The van der Waals surface area contributed by atoms with E-state index in [9.17, 15) is 19.8 Å². The second-order valence-corrected chi connectivity index (χ2v) is 5.13. The number of carboxylic acid groups (broad SMARTS) is 1. The van der Waals surface area contributed by atoms with Gasteiger partial charge in [-0.15, -0.1) is 0 Å². The number of hydrogen-bond donors (Lipinski definition) is 5. The minimum atomic E-state index is -1.10. The number of rotatable bonds is 6. The molecule has 0 bridgehead atoms. The zero-order valence-electron chi connectivity index (χ0n) is 11.2. The number of aromatic hydroxyl groups is 1. The molecule has 1 aromatic heterocycles. The van der Waals surface area contributed by atoms with E-state index in [2.05, 4.69) is 22.9 Å². The predicted molar refractivity (Wildman–Crippen MR) is 81.7 cm³/mol. The molecule has 0 fully saturated rings. The average Bonchev–Trinajstić information content (AvgIpc) is 2.80. The smallest absolute Gasteiger partial charge is 0.326 e. The third-order valence-corrected chi connectivity index (χ3v) is 3.37. The Morgan fingerprint density at radius 2 is 2.14 bits per heavy atom. The highest BCUT2D eigenvalue weighted by atomic mass is 32.1. The van der Waals surface area contributed by atoms with Crippen LogP contribution in [0.5, 0.6) is 5.75 Å². The summed E-state index contributed by atoms with van der Waals surface area (Å²) < 4.78 is 0. The maximum absolute atomic E-state index is 11.5. The molecule has 0 aliphatic carbocycles. The van der Waals surface area contributed by atoms with Gasteiger partial charge >= 0.3 is 5.97 Å². The summed E-state index contributed by atoms with van der Waals surface area (Å²) in [5.74, 6) is -0.981. The second kappa shape index (κ2) is 6.53. The normalized spacial score (nSPS) is 12.2. The number of thiol groups is 1. The van der Waals surface area contributed by atoms with Crippen LogP contribution in [-0.4, -0.2) is 38.9 Å². The van der Waals surface area contributed by atoms with Gasteiger partial charge in [-0.1, -0.05) is 0 Å². The van der Waals surface area contributed by atoms with Crippen LogP contribution in [0.2, 0.25) is 0 Å². The summed E-state index contributed by atoms with van der Waals surface area (Å²) in [6, 6.07) is 3.81. The highest BCUT2D eigenvalue weighted by Gasteiger charge is 2.21. The number of nitrogens with one attached hydrogen (secondary N) is 2. The van der Waals surface area contributed by atoms with E-state index in [0.717, 1.165) is 16.5 Å². The SMILES string of the molecule is O=C(CCS)NC(Cc1c[nH]c2ccc(O)cc12)C(=O)O. The van der Waals surface area contributed by atoms with E-state index < -0.39 is 12.0 Å². The van der Waals surface area contributed by atoms with Crippen molar-refractivity contribution in [2.24, 2.45) is 0 Å². The zero-order chi connectivity index (χ0) is 15.4. The number of carboxylic acids is 1. The van der Waals surface area contributed by atoms with Gasteiger partial charge in [-0.2, -0.15) is 12.6 Å². The largest absolute Gasteiger partial charge is 0.508 e. The second-order valence-electron chi connectivity index (χ2n) is 4.68. The molecule has 1 atom stereocenters. The monoisotopic (exact) mass is 308 g/mol. The van der Waals surface area contributed by atoms with Crippen LogP contribution in [0.3, 0.4) is 0 Å². The van der Waals surface area contributed by atoms with Gasteiger partial charge in [-0.25, -0.2) is 4.79 Å². The Morgan fingerprint density at radius 3 is 2.81 bits per heavy atom. The Hall–Kier alpha value is -2.15. The lowest BCUT2D eigenvalue weighted by atomic mass is 10.0. The van der Waals surface area contributed by atoms with E-state index in [1.54, 1.807) is 24.4 Å². The molecule has 0 spiro atoms. The number of hydrogen-bond acceptors (Lipinski definition) is 4. The van der Waals surface area contributed by atoms with Gasteiger partial charge in [0.2, 0.25) is 5.91 Å². The van der Waals surface area contributed by atoms with Crippen molar-refractivity contribution in [1.82, 2.24) is 10.3 Å². The van der Waals surface area contributed by atoms with Gasteiger partial charge in [0.25, 0.3) is 0 Å². The first-order chi connectivity index (χ1) is 10.0. The maximum Gasteiger partial charge on any atom is 0.326 e. The minimum Gasteiger partial charge on any atom is -0.508 e. The molecule has 0 saturated heterocycles. The van der Waals surface area contributed by atoms with E-state index in [1.165, 1.54) is 0 Å². The number of H-pyrrole nitrogens is 1. The molecule has 6 nitrogen and oxygen atoms in total. The van der Waals surface area contributed by atoms with Crippen LogP contribution < -0.4 is 5.32 Å². The molecule has 1 heterocycles. The summed E-state index contributed by atoms with van der Waals surface area (Å²) >= 11 is 3.94. The van der Waals surface area contributed by atoms with Gasteiger partial charge in [0.1, 0.15) is 11.8 Å². The van der Waals surface area contributed by atoms with Gasteiger partial charge in [0, 0.05) is 29.9 Å². The summed E-state index contributed by atoms with van der Waals surface area (Å²) in [4.78, 5) is 25.8. The van der Waals surface area contributed by atoms with Crippen molar-refractivity contribution < 1.29 is 19.8 Å². The highest BCUT2D eigenvalue weighted by molar-refractivity contribution is 7.80. The highest BCUT2D eigenvalue weighted by Crippen LogP contribution is 2.23. The summed E-state index contributed by atoms with van der Waals surface area (Å²) in [6.07, 6.45) is 1.99. The van der Waals surface area contributed by atoms with Crippen LogP contribution >= 0.6 is 12.6 Å². The molecule has 1 aromatic carbocycles. The molecule has 0 radical (unpaired) electrons. The van der Waals surface area contributed by atoms with Crippen molar-refractivity contribution in [3.05, 3.63) is 30.0 Å². The number of fused-ring (bicyclic) bond motifs is 1. The Kier molecular flexibility index (Phi) is 4.74. The fourth-order valence-electron chi connectivity index (χ4n) is 2.12. The minimum absolute atomic E-state index is 0.106. The van der Waals surface area contributed by atoms with E-state index in [-0.39, 0.29) is 24.5 Å². The molecule has 7 heteroatoms. The molecule has 112 valence electrons. The van der Waals surface area contributed by atoms with Gasteiger partial charge < -0.3 is 20.5 Å². The summed E-state index contributed by atoms with van der Waals surface area (Å²) in [7, 11) is 0. The van der Waals surface area contributed by atoms with Crippen molar-refractivity contribution in [3.8, 4) is 5.75 Å². The summed E-state index contributed by atoms with van der Waals surface area (Å²) in [5, 5.41) is 22.0. The Bertz CT molecular complexity index is 668. The number of carbonyl (C=O) groups is 2. The lowest BCUT2D eigenvalue weighted by molar-refractivity contribution is -0.141. The lowest BCUT2D eigenvalue weighted by Crippen LogP contribution is -2.42. The standard InChI is InChI=1S/C14H16N2O4S/c17-9-1-2-11-10(6-9)8(7-15-11)5-12(14(19)20)16-13(18)3-4-21/h1-2,6-7,12,15,17,21H,3-5H2,(H,16,18)(H,19,20). The molecule has 1 unspecified atom stereocenters. The zero-order valence-corrected chi connectivity index (χ0v) is 12.1. The van der Waals surface area contributed by atoms with E-state index in [1.807, 2.05) is 0 Å². The van der Waals surface area contributed by atoms with Crippen LogP contribution in [0.25, 0.3) is 10.9 Å². The fraction of sp³-hybridized carbons (Fsp3) is 0.286. The number of benzene rings is 1. The number of phenols is 1. The Morgan fingerprint density at radius 1 is 1.38 bits per heavy atom. The van der Waals surface area contributed by atoms with Crippen LogP contribution in [0.4, 0.5) is 0 Å². The van der Waals surface area contributed by atoms with Crippen molar-refractivity contribution in [2.75, 3.05) is 5.75 Å². The number of aliphatic carboxylic acids is 1. The van der Waals surface area contributed by atoms with Crippen LogP contribution in [0.1, 0.15) is 12.0 Å². The summed E-state index contributed by atoms with van der Waals surface area (Å²) in [5.41, 5.74) is 1.52. The Labute approximate surface area is 126 Å². The average molecular weight is 308 g/mol. The molecule has 0 saturated carbocycles. The number of phenolic OH excluding ortho intramolecular Hbond substituents is 1. The maximum atomic E-state index is 11.5. The van der Waals surface area contributed by atoms with Gasteiger partial charge in [-0.3, -0.25) is 4.79 Å². The van der Waals surface area contributed by atoms with Gasteiger partial charge in [0.15, 0.2) is 0 Å². The lowest BCUT2D eigenvalue weighted by Gasteiger charge is -2.13. The number of aromatic amines is 1. The first-order valence-electron chi connectivity index (χ1n) is 6.43. The first kappa shape index (κ1) is 15.2. The molecular weight excluding hydrogens is 292 g/mol. The fourth-order valence-corrected chi connectivity index (χ4v) is 2.33. The van der Waals surface area contributed by atoms with E-state index in [4.69, 9.17) is 0 Å². The number of carbonyl (C=O) groups excluding carboxylic acids is 1. The number of aromatic nitrogens is 1. The quantitative estimate of drug-likeness (QED) is 0.519. The van der Waals surface area contributed by atoms with Crippen LogP contribution in [-0.2, 0) is 16.0 Å². The third kappa shape index (κ3) is 3.69. The van der Waals surface area contributed by atoms with Gasteiger partial charge in [0.05, 0.1) is 0 Å². The molecule has 21 heavy (non-hydrogen) atoms. The van der Waals surface area contributed by atoms with Gasteiger partial charge in [-0.05, 0) is 29.5 Å². The van der Waals surface area contributed by atoms with Crippen molar-refractivity contribution in [1.29, 1.82) is 0 Å². The Balaban J connectivity index is 2.20. The molecule has 2 aromatic rings. The predicted octanol–water partition coefficient (Wildman–Crippen LogP) is 1.31. The third-order valence-electron chi connectivity index (χ3n) is 3.15. The molecule has 0 aliphatic rings. The van der Waals surface area contributed by atoms with Crippen LogP contribution in [0, 0.1) is 0 Å². The molecular formula is C14H16N2O4S. The molecule has 2 rings (SSSR count). The summed E-state index contributed by atoms with van der Waals surface area (Å²) in [6.45, 7) is 0. The molecule has 4 N–H and O–H groups in total. The first-order valence-corrected chi connectivity index (χ1v) is 7.06. The van der Waals surface area contributed by atoms with Crippen molar-refractivity contribution in [2.45, 2.75) is 18.9 Å². The van der Waals surface area contributed by atoms with Crippen LogP contribution in [0.15, 0.2) is 24.4 Å². The topological polar surface area (TPSA) is 102 Å². The van der Waals surface area contributed by atoms with Crippen molar-refractivity contribution >= 4 is 35.4 Å². The molecule has 1 amide bonds. The molecule has 0 aliphatic heterocycles. The van der Waals surface area contributed by atoms with E-state index >= 15 is 0 Å². The number of amides is 1. The van der Waals surface area contributed by atoms with E-state index in [0.29, 0.717) is 5.75 Å².